The maximum Gasteiger partial charge on any atom is 0.239 e. The number of carbonyl (C=O) groups is 1. The summed E-state index contributed by atoms with van der Waals surface area (Å²) in [4.78, 5) is 16.3. The topological polar surface area (TPSA) is 89.3 Å². The SMILES string of the molecule is CC(C)CS(=O)(=O)CC(=O)Nc1ccc2oc(C(C)C)nc2c1. The number of nitrogens with zero attached hydrogens (tertiary/aromatic N) is 1. The van der Waals surface area contributed by atoms with Gasteiger partial charge in [0, 0.05) is 11.6 Å². The van der Waals surface area contributed by atoms with Crippen LogP contribution < -0.4 is 5.32 Å². The summed E-state index contributed by atoms with van der Waals surface area (Å²) in [6.45, 7) is 7.57. The Labute approximate surface area is 136 Å². The van der Waals surface area contributed by atoms with Gasteiger partial charge in [0.15, 0.2) is 21.3 Å². The summed E-state index contributed by atoms with van der Waals surface area (Å²) in [5, 5.41) is 2.60. The van der Waals surface area contributed by atoms with Crippen molar-refractivity contribution in [2.45, 2.75) is 33.6 Å². The quantitative estimate of drug-likeness (QED) is 0.874. The predicted octanol–water partition coefficient (Wildman–Crippen LogP) is 2.96. The molecule has 6 nitrogen and oxygen atoms in total. The smallest absolute Gasteiger partial charge is 0.239 e. The molecule has 0 aliphatic heterocycles. The molecule has 126 valence electrons. The summed E-state index contributed by atoms with van der Waals surface area (Å²) >= 11 is 0. The van der Waals surface area contributed by atoms with Crippen LogP contribution in [0, 0.1) is 5.92 Å². The number of oxazole rings is 1. The number of rotatable bonds is 6. The molecule has 7 heteroatoms. The van der Waals surface area contributed by atoms with Gasteiger partial charge in [-0.25, -0.2) is 13.4 Å². The highest BCUT2D eigenvalue weighted by Crippen LogP contribution is 2.23. The van der Waals surface area contributed by atoms with Gasteiger partial charge in [0.1, 0.15) is 11.3 Å². The van der Waals surface area contributed by atoms with Gasteiger partial charge in [-0.15, -0.1) is 0 Å². The van der Waals surface area contributed by atoms with Gasteiger partial charge in [0.2, 0.25) is 5.91 Å². The molecule has 0 radical (unpaired) electrons. The van der Waals surface area contributed by atoms with Crippen molar-refractivity contribution in [2.75, 3.05) is 16.8 Å². The highest BCUT2D eigenvalue weighted by atomic mass is 32.2. The molecular weight excluding hydrogens is 316 g/mol. The zero-order chi connectivity index (χ0) is 17.2. The molecule has 1 aromatic heterocycles. The highest BCUT2D eigenvalue weighted by Gasteiger charge is 2.18. The largest absolute Gasteiger partial charge is 0.440 e. The minimum atomic E-state index is -3.40. The van der Waals surface area contributed by atoms with Crippen LogP contribution in [-0.4, -0.2) is 30.8 Å². The molecule has 0 saturated heterocycles. The monoisotopic (exact) mass is 338 g/mol. The number of carbonyl (C=O) groups excluding carboxylic acids is 1. The summed E-state index contributed by atoms with van der Waals surface area (Å²) < 4.78 is 29.3. The number of aromatic nitrogens is 1. The second-order valence-corrected chi connectivity index (χ2v) is 8.50. The Balaban J connectivity index is 2.10. The Morgan fingerprint density at radius 2 is 1.96 bits per heavy atom. The first-order valence-corrected chi connectivity index (χ1v) is 9.39. The number of benzene rings is 1. The van der Waals surface area contributed by atoms with E-state index in [1.54, 1.807) is 32.0 Å². The van der Waals surface area contributed by atoms with Crippen molar-refractivity contribution in [3.05, 3.63) is 24.1 Å². The van der Waals surface area contributed by atoms with Crippen LogP contribution >= 0.6 is 0 Å². The standard InChI is InChI=1S/C16H22N2O4S/c1-10(2)8-23(20,21)9-15(19)17-12-5-6-14-13(7-12)18-16(22-14)11(3)4/h5-7,10-11H,8-9H2,1-4H3,(H,17,19). The van der Waals surface area contributed by atoms with Gasteiger partial charge in [-0.05, 0) is 24.1 Å². The van der Waals surface area contributed by atoms with Crippen molar-refractivity contribution in [1.82, 2.24) is 4.98 Å². The zero-order valence-corrected chi connectivity index (χ0v) is 14.6. The third kappa shape index (κ3) is 4.79. The molecule has 0 saturated carbocycles. The third-order valence-corrected chi connectivity index (χ3v) is 5.00. The summed E-state index contributed by atoms with van der Waals surface area (Å²) in [6, 6.07) is 5.06. The highest BCUT2D eigenvalue weighted by molar-refractivity contribution is 7.92. The van der Waals surface area contributed by atoms with E-state index in [-0.39, 0.29) is 17.6 Å². The molecule has 1 amide bonds. The lowest BCUT2D eigenvalue weighted by Crippen LogP contribution is -2.26. The summed E-state index contributed by atoms with van der Waals surface area (Å²) in [6.07, 6.45) is 0. The fourth-order valence-electron chi connectivity index (χ4n) is 2.23. The predicted molar refractivity (Wildman–Crippen MR) is 90.2 cm³/mol. The molecule has 0 aliphatic rings. The molecule has 23 heavy (non-hydrogen) atoms. The average molecular weight is 338 g/mol. The second-order valence-electron chi connectivity index (χ2n) is 6.39. The van der Waals surface area contributed by atoms with Gasteiger partial charge in [0.25, 0.3) is 0 Å². The molecule has 0 fully saturated rings. The first kappa shape index (κ1) is 17.5. The Hall–Kier alpha value is -1.89. The molecule has 0 spiro atoms. The van der Waals surface area contributed by atoms with Crippen LogP contribution in [0.15, 0.2) is 22.6 Å². The van der Waals surface area contributed by atoms with Crippen molar-refractivity contribution in [1.29, 1.82) is 0 Å². The van der Waals surface area contributed by atoms with E-state index in [1.165, 1.54) is 0 Å². The van der Waals surface area contributed by atoms with E-state index in [1.807, 2.05) is 13.8 Å². The molecule has 2 aromatic rings. The number of amides is 1. The molecule has 2 rings (SSSR count). The number of hydrogen-bond acceptors (Lipinski definition) is 5. The maximum absolute atomic E-state index is 11.9. The lowest BCUT2D eigenvalue weighted by atomic mass is 10.2. The minimum absolute atomic E-state index is 0.000486. The fourth-order valence-corrected chi connectivity index (χ4v) is 3.84. The van der Waals surface area contributed by atoms with Crippen LogP contribution in [0.1, 0.15) is 39.5 Å². The van der Waals surface area contributed by atoms with Gasteiger partial charge in [-0.2, -0.15) is 0 Å². The van der Waals surface area contributed by atoms with Crippen LogP contribution in [0.3, 0.4) is 0 Å². The van der Waals surface area contributed by atoms with E-state index < -0.39 is 21.5 Å². The van der Waals surface area contributed by atoms with E-state index >= 15 is 0 Å². The molecule has 0 bridgehead atoms. The fraction of sp³-hybridized carbons (Fsp3) is 0.500. The summed E-state index contributed by atoms with van der Waals surface area (Å²) in [5.41, 5.74) is 1.78. The number of anilines is 1. The van der Waals surface area contributed by atoms with Crippen molar-refractivity contribution < 1.29 is 17.6 Å². The van der Waals surface area contributed by atoms with Crippen molar-refractivity contribution >= 4 is 32.5 Å². The first-order chi connectivity index (χ1) is 10.7. The Morgan fingerprint density at radius 1 is 1.26 bits per heavy atom. The molecule has 1 heterocycles. The van der Waals surface area contributed by atoms with Crippen LogP contribution in [0.4, 0.5) is 5.69 Å². The van der Waals surface area contributed by atoms with Crippen molar-refractivity contribution in [2.24, 2.45) is 5.92 Å². The maximum atomic E-state index is 11.9. The van der Waals surface area contributed by atoms with Crippen LogP contribution in [0.5, 0.6) is 0 Å². The van der Waals surface area contributed by atoms with E-state index in [4.69, 9.17) is 4.42 Å². The van der Waals surface area contributed by atoms with E-state index in [0.29, 0.717) is 22.7 Å². The molecular formula is C16H22N2O4S. The van der Waals surface area contributed by atoms with E-state index in [9.17, 15) is 13.2 Å². The van der Waals surface area contributed by atoms with Gasteiger partial charge in [-0.1, -0.05) is 27.7 Å². The number of fused-ring (bicyclic) bond motifs is 1. The van der Waals surface area contributed by atoms with Gasteiger partial charge < -0.3 is 9.73 Å². The Kier molecular flexibility index (Phi) is 5.09. The lowest BCUT2D eigenvalue weighted by molar-refractivity contribution is -0.113. The van der Waals surface area contributed by atoms with Crippen LogP contribution in [0.25, 0.3) is 11.1 Å². The molecule has 1 N–H and O–H groups in total. The van der Waals surface area contributed by atoms with Crippen LogP contribution in [0.2, 0.25) is 0 Å². The Bertz CT molecular complexity index is 807. The summed E-state index contributed by atoms with van der Waals surface area (Å²) in [5.74, 6) is -0.268. The first-order valence-electron chi connectivity index (χ1n) is 7.57. The number of nitrogens with one attached hydrogen (secondary N) is 1. The second kappa shape index (κ2) is 6.70. The minimum Gasteiger partial charge on any atom is -0.440 e. The van der Waals surface area contributed by atoms with Crippen molar-refractivity contribution in [3.63, 3.8) is 0 Å². The number of hydrogen-bond donors (Lipinski definition) is 1. The van der Waals surface area contributed by atoms with E-state index in [0.717, 1.165) is 0 Å². The zero-order valence-electron chi connectivity index (χ0n) is 13.8. The van der Waals surface area contributed by atoms with E-state index in [2.05, 4.69) is 10.3 Å². The normalized spacial score (nSPS) is 12.3. The lowest BCUT2D eigenvalue weighted by Gasteiger charge is -2.08. The Morgan fingerprint density at radius 3 is 2.57 bits per heavy atom. The average Bonchev–Trinajstić information content (AvgIpc) is 2.79. The molecule has 0 aliphatic carbocycles. The van der Waals surface area contributed by atoms with Crippen LogP contribution in [-0.2, 0) is 14.6 Å². The van der Waals surface area contributed by atoms with Gasteiger partial charge in [-0.3, -0.25) is 4.79 Å². The molecule has 1 aromatic carbocycles. The third-order valence-electron chi connectivity index (χ3n) is 3.12. The number of sulfone groups is 1. The molecule has 0 unspecified atom stereocenters. The van der Waals surface area contributed by atoms with Gasteiger partial charge >= 0.3 is 0 Å². The van der Waals surface area contributed by atoms with Gasteiger partial charge in [0.05, 0.1) is 5.75 Å². The summed E-state index contributed by atoms with van der Waals surface area (Å²) in [7, 11) is -3.40. The molecule has 0 atom stereocenters. The van der Waals surface area contributed by atoms with Crippen molar-refractivity contribution in [3.8, 4) is 0 Å².